The van der Waals surface area contributed by atoms with Gasteiger partial charge in [0.25, 0.3) is 0 Å². The fraction of sp³-hybridized carbons (Fsp3) is 0.333. The standard InChI is InChI=1S/C30H29F2N3O3S/c31-24-11-10-21(20-25(24)32)34(28(36)35-18-19-38-29(35)37)15-5-14-33-16-12-30(13-17-33)22-6-1-3-8-26(22)39-27-9-4-2-7-23(27)30/h1-4,6-11,20H,5,12-19H2. The molecule has 3 amide bonds. The number of hydrogen-bond acceptors (Lipinski definition) is 5. The maximum Gasteiger partial charge on any atom is 0.418 e. The molecule has 202 valence electrons. The highest BCUT2D eigenvalue weighted by Crippen LogP contribution is 2.53. The van der Waals surface area contributed by atoms with Gasteiger partial charge in [-0.25, -0.2) is 23.3 Å². The number of ether oxygens (including phenoxy) is 1. The van der Waals surface area contributed by atoms with Crippen molar-refractivity contribution in [3.63, 3.8) is 0 Å². The van der Waals surface area contributed by atoms with Crippen molar-refractivity contribution in [2.45, 2.75) is 34.5 Å². The summed E-state index contributed by atoms with van der Waals surface area (Å²) in [6.07, 6.45) is 1.88. The number of imide groups is 1. The van der Waals surface area contributed by atoms with Gasteiger partial charge in [-0.2, -0.15) is 0 Å². The van der Waals surface area contributed by atoms with Gasteiger partial charge in [0, 0.05) is 33.5 Å². The lowest BCUT2D eigenvalue weighted by molar-refractivity contribution is 0.159. The first-order valence-electron chi connectivity index (χ1n) is 13.3. The van der Waals surface area contributed by atoms with E-state index < -0.39 is 23.8 Å². The Morgan fingerprint density at radius 1 is 0.923 bits per heavy atom. The van der Waals surface area contributed by atoms with Gasteiger partial charge >= 0.3 is 12.1 Å². The third-order valence-electron chi connectivity index (χ3n) is 8.03. The minimum absolute atomic E-state index is 0.0152. The molecule has 0 N–H and O–H groups in total. The van der Waals surface area contributed by atoms with Crippen molar-refractivity contribution >= 4 is 29.6 Å². The van der Waals surface area contributed by atoms with Crippen LogP contribution in [0.2, 0.25) is 0 Å². The fourth-order valence-corrected chi connectivity index (χ4v) is 7.29. The van der Waals surface area contributed by atoms with E-state index >= 15 is 0 Å². The van der Waals surface area contributed by atoms with E-state index in [1.54, 1.807) is 0 Å². The van der Waals surface area contributed by atoms with Crippen molar-refractivity contribution in [1.29, 1.82) is 0 Å². The van der Waals surface area contributed by atoms with E-state index in [0.717, 1.165) is 49.5 Å². The van der Waals surface area contributed by atoms with Gasteiger partial charge in [-0.05, 0) is 74.3 Å². The van der Waals surface area contributed by atoms with Crippen LogP contribution in [0.15, 0.2) is 76.5 Å². The van der Waals surface area contributed by atoms with Crippen LogP contribution in [-0.2, 0) is 10.2 Å². The SMILES string of the molecule is O=C1OCCN1C(=O)N(CCCN1CCC2(CC1)c1ccccc1Sc1ccccc12)c1ccc(F)c(F)c1. The minimum atomic E-state index is -1.04. The molecule has 0 bridgehead atoms. The molecule has 6 nitrogen and oxygen atoms in total. The second kappa shape index (κ2) is 10.6. The Labute approximate surface area is 230 Å². The van der Waals surface area contributed by atoms with Crippen LogP contribution in [-0.4, -0.2) is 61.3 Å². The summed E-state index contributed by atoms with van der Waals surface area (Å²) >= 11 is 1.84. The molecule has 3 aromatic carbocycles. The van der Waals surface area contributed by atoms with Crippen LogP contribution in [0.4, 0.5) is 24.1 Å². The van der Waals surface area contributed by atoms with Gasteiger partial charge < -0.3 is 9.64 Å². The summed E-state index contributed by atoms with van der Waals surface area (Å²) in [4.78, 5) is 32.6. The van der Waals surface area contributed by atoms with E-state index in [-0.39, 0.29) is 30.8 Å². The van der Waals surface area contributed by atoms with Crippen LogP contribution in [0, 0.1) is 11.6 Å². The maximum absolute atomic E-state index is 14.0. The molecule has 3 aliphatic rings. The first kappa shape index (κ1) is 25.8. The second-order valence-corrected chi connectivity index (χ2v) is 11.3. The highest BCUT2D eigenvalue weighted by molar-refractivity contribution is 7.99. The van der Waals surface area contributed by atoms with Gasteiger partial charge in [0.05, 0.1) is 6.54 Å². The normalized spacial score (nSPS) is 18.0. The smallest absolute Gasteiger partial charge is 0.418 e. The highest BCUT2D eigenvalue weighted by Gasteiger charge is 2.43. The van der Waals surface area contributed by atoms with Gasteiger partial charge in [0.15, 0.2) is 11.6 Å². The molecule has 2 saturated heterocycles. The van der Waals surface area contributed by atoms with Crippen LogP contribution in [0.1, 0.15) is 30.4 Å². The number of fused-ring (bicyclic) bond motifs is 4. The van der Waals surface area contributed by atoms with Crippen LogP contribution in [0.25, 0.3) is 0 Å². The van der Waals surface area contributed by atoms with Crippen molar-refractivity contribution < 1.29 is 23.1 Å². The van der Waals surface area contributed by atoms with Crippen molar-refractivity contribution in [2.24, 2.45) is 0 Å². The number of carbonyl (C=O) groups excluding carboxylic acids is 2. The van der Waals surface area contributed by atoms with Gasteiger partial charge in [0.2, 0.25) is 0 Å². The van der Waals surface area contributed by atoms with E-state index in [9.17, 15) is 18.4 Å². The Hall–Kier alpha value is -3.43. The van der Waals surface area contributed by atoms with Crippen LogP contribution in [0.5, 0.6) is 0 Å². The van der Waals surface area contributed by atoms with Crippen molar-refractivity contribution in [2.75, 3.05) is 44.2 Å². The number of anilines is 1. The molecule has 0 radical (unpaired) electrons. The zero-order chi connectivity index (χ0) is 27.0. The van der Waals surface area contributed by atoms with E-state index in [1.165, 1.54) is 31.9 Å². The number of nitrogens with zero attached hydrogens (tertiary/aromatic N) is 3. The molecular weight excluding hydrogens is 520 g/mol. The molecule has 0 aromatic heterocycles. The summed E-state index contributed by atoms with van der Waals surface area (Å²) in [6.45, 7) is 3.07. The summed E-state index contributed by atoms with van der Waals surface area (Å²) < 4.78 is 32.5. The number of halogens is 2. The third kappa shape index (κ3) is 4.78. The predicted octanol–water partition coefficient (Wildman–Crippen LogP) is 6.28. The lowest BCUT2D eigenvalue weighted by Gasteiger charge is -2.46. The van der Waals surface area contributed by atoms with Crippen molar-refractivity contribution in [3.8, 4) is 0 Å². The monoisotopic (exact) mass is 549 g/mol. The topological polar surface area (TPSA) is 53.1 Å². The predicted molar refractivity (Wildman–Crippen MR) is 145 cm³/mol. The van der Waals surface area contributed by atoms with E-state index in [4.69, 9.17) is 4.74 Å². The maximum atomic E-state index is 14.0. The molecule has 0 unspecified atom stereocenters. The van der Waals surface area contributed by atoms with Crippen molar-refractivity contribution in [1.82, 2.24) is 9.80 Å². The van der Waals surface area contributed by atoms with Crippen LogP contribution >= 0.6 is 11.8 Å². The average Bonchev–Trinajstić information content (AvgIpc) is 3.39. The zero-order valence-corrected chi connectivity index (χ0v) is 22.3. The third-order valence-corrected chi connectivity index (χ3v) is 9.18. The number of rotatable bonds is 5. The molecule has 0 saturated carbocycles. The molecule has 6 rings (SSSR count). The van der Waals surface area contributed by atoms with Gasteiger partial charge in [-0.1, -0.05) is 48.2 Å². The number of carbonyl (C=O) groups is 2. The fourth-order valence-electron chi connectivity index (χ4n) is 6.02. The summed E-state index contributed by atoms with van der Waals surface area (Å²) in [5.41, 5.74) is 3.00. The van der Waals surface area contributed by atoms with E-state index in [1.807, 2.05) is 11.8 Å². The Kier molecular flexibility index (Phi) is 7.03. The summed E-state index contributed by atoms with van der Waals surface area (Å²) in [6, 6.07) is 20.2. The molecule has 0 aliphatic carbocycles. The number of hydrogen-bond donors (Lipinski definition) is 0. The summed E-state index contributed by atoms with van der Waals surface area (Å²) in [5, 5.41) is 0. The molecule has 3 heterocycles. The van der Waals surface area contributed by atoms with Crippen LogP contribution < -0.4 is 4.90 Å². The molecule has 3 aromatic rings. The second-order valence-electron chi connectivity index (χ2n) is 10.2. The van der Waals surface area contributed by atoms with Crippen LogP contribution in [0.3, 0.4) is 0 Å². The molecular formula is C30H29F2N3O3S. The Bertz CT molecular complexity index is 1360. The molecule has 3 aliphatic heterocycles. The summed E-state index contributed by atoms with van der Waals surface area (Å²) in [5.74, 6) is -2.03. The Balaban J connectivity index is 1.15. The highest BCUT2D eigenvalue weighted by atomic mass is 32.2. The molecule has 9 heteroatoms. The molecule has 1 spiro atoms. The average molecular weight is 550 g/mol. The number of likely N-dealkylation sites (tertiary alicyclic amines) is 1. The first-order valence-corrected chi connectivity index (χ1v) is 14.1. The summed E-state index contributed by atoms with van der Waals surface area (Å²) in [7, 11) is 0. The zero-order valence-electron chi connectivity index (χ0n) is 21.4. The molecule has 2 fully saturated rings. The quantitative estimate of drug-likeness (QED) is 0.375. The molecule has 39 heavy (non-hydrogen) atoms. The first-order chi connectivity index (χ1) is 19.0. The van der Waals surface area contributed by atoms with Gasteiger partial charge in [-0.15, -0.1) is 0 Å². The van der Waals surface area contributed by atoms with Gasteiger partial charge in [-0.3, -0.25) is 4.90 Å². The lowest BCUT2D eigenvalue weighted by atomic mass is 9.67. The van der Waals surface area contributed by atoms with E-state index in [2.05, 4.69) is 53.4 Å². The minimum Gasteiger partial charge on any atom is -0.447 e. The largest absolute Gasteiger partial charge is 0.447 e. The van der Waals surface area contributed by atoms with Gasteiger partial charge in [0.1, 0.15) is 6.61 Å². The Morgan fingerprint density at radius 3 is 2.21 bits per heavy atom. The lowest BCUT2D eigenvalue weighted by Crippen LogP contribution is -2.47. The number of amides is 3. The number of cyclic esters (lactones) is 1. The van der Waals surface area contributed by atoms with Crippen molar-refractivity contribution in [3.05, 3.63) is 89.5 Å². The molecule has 0 atom stereocenters. The Morgan fingerprint density at radius 2 is 1.59 bits per heavy atom. The number of urea groups is 1. The number of benzene rings is 3. The van der Waals surface area contributed by atoms with E-state index in [0.29, 0.717) is 6.42 Å². The number of piperidine rings is 1.